The van der Waals surface area contributed by atoms with Gasteiger partial charge in [-0.2, -0.15) is 13.2 Å². The molecule has 0 radical (unpaired) electrons. The Balaban J connectivity index is 2.50. The third kappa shape index (κ3) is 3.88. The molecule has 0 spiro atoms. The number of carbonyl (C=O) groups excluding carboxylic acids is 2. The summed E-state index contributed by atoms with van der Waals surface area (Å²) in [7, 11) is 0.768. The lowest BCUT2D eigenvalue weighted by molar-refractivity contribution is -0.203. The standard InChI is InChI=1S/C16H13ClF3N3O3/c1-26-14(25)15(16(18,19)20,22-12-8-4-5-9-21-12)23-13(24)10-6-2-3-7-11(10)17/h2-9H,1H3,(H,21,22)(H,23,24). The van der Waals surface area contributed by atoms with Crippen LogP contribution >= 0.6 is 11.6 Å². The van der Waals surface area contributed by atoms with Gasteiger partial charge in [0.1, 0.15) is 5.82 Å². The van der Waals surface area contributed by atoms with Crippen molar-refractivity contribution in [2.45, 2.75) is 11.8 Å². The Hall–Kier alpha value is -2.81. The SMILES string of the molecule is COC(=O)C(NC(=O)c1ccccc1Cl)(Nc1ccccn1)C(F)(F)F. The number of nitrogens with one attached hydrogen (secondary N) is 2. The van der Waals surface area contributed by atoms with Gasteiger partial charge in [-0.25, -0.2) is 9.78 Å². The molecule has 2 N–H and O–H groups in total. The van der Waals surface area contributed by atoms with Gasteiger partial charge in [0.25, 0.3) is 5.91 Å². The predicted octanol–water partition coefficient (Wildman–Crippen LogP) is 3.01. The second-order valence-electron chi connectivity index (χ2n) is 5.01. The molecule has 26 heavy (non-hydrogen) atoms. The highest BCUT2D eigenvalue weighted by Crippen LogP contribution is 2.33. The van der Waals surface area contributed by atoms with E-state index in [4.69, 9.17) is 11.6 Å². The highest BCUT2D eigenvalue weighted by atomic mass is 35.5. The summed E-state index contributed by atoms with van der Waals surface area (Å²) in [4.78, 5) is 28.1. The lowest BCUT2D eigenvalue weighted by atomic mass is 10.1. The summed E-state index contributed by atoms with van der Waals surface area (Å²) in [6.07, 6.45) is -4.04. The first-order valence-corrected chi connectivity index (χ1v) is 7.50. The predicted molar refractivity (Wildman–Crippen MR) is 87.6 cm³/mol. The monoisotopic (exact) mass is 387 g/mol. The van der Waals surface area contributed by atoms with E-state index in [0.29, 0.717) is 0 Å². The lowest BCUT2D eigenvalue weighted by Gasteiger charge is -2.34. The fourth-order valence-electron chi connectivity index (χ4n) is 2.06. The van der Waals surface area contributed by atoms with Gasteiger partial charge in [-0.05, 0) is 24.3 Å². The zero-order valence-corrected chi connectivity index (χ0v) is 14.1. The number of esters is 1. The molecular weight excluding hydrogens is 375 g/mol. The first kappa shape index (κ1) is 19.5. The molecule has 1 aromatic carbocycles. The van der Waals surface area contributed by atoms with Crippen LogP contribution in [0.5, 0.6) is 0 Å². The second-order valence-corrected chi connectivity index (χ2v) is 5.42. The molecule has 0 aliphatic rings. The number of amides is 1. The Bertz CT molecular complexity index is 802. The number of methoxy groups -OCH3 is 1. The van der Waals surface area contributed by atoms with Crippen LogP contribution in [-0.2, 0) is 9.53 Å². The molecule has 0 saturated heterocycles. The largest absolute Gasteiger partial charge is 0.466 e. The van der Waals surface area contributed by atoms with Gasteiger partial charge in [0.2, 0.25) is 0 Å². The number of halogens is 4. The highest BCUT2D eigenvalue weighted by molar-refractivity contribution is 6.33. The maximum atomic E-state index is 13.8. The van der Waals surface area contributed by atoms with Crippen LogP contribution in [0, 0.1) is 0 Å². The fourth-order valence-corrected chi connectivity index (χ4v) is 2.28. The van der Waals surface area contributed by atoms with Crippen molar-refractivity contribution < 1.29 is 27.5 Å². The Morgan fingerprint density at radius 3 is 2.31 bits per heavy atom. The first-order valence-electron chi connectivity index (χ1n) is 7.12. The van der Waals surface area contributed by atoms with Crippen molar-refractivity contribution in [2.75, 3.05) is 12.4 Å². The number of aromatic nitrogens is 1. The number of hydrogen-bond donors (Lipinski definition) is 2. The van der Waals surface area contributed by atoms with Crippen LogP contribution in [0.1, 0.15) is 10.4 Å². The summed E-state index contributed by atoms with van der Waals surface area (Å²) in [6.45, 7) is 0. The van der Waals surface area contributed by atoms with Gasteiger partial charge in [-0.15, -0.1) is 0 Å². The average molecular weight is 388 g/mol. The molecule has 1 amide bonds. The van der Waals surface area contributed by atoms with Crippen LogP contribution in [0.4, 0.5) is 19.0 Å². The van der Waals surface area contributed by atoms with Crippen LogP contribution in [0.15, 0.2) is 48.7 Å². The van der Waals surface area contributed by atoms with Crippen molar-refractivity contribution >= 4 is 29.3 Å². The topological polar surface area (TPSA) is 80.3 Å². The van der Waals surface area contributed by atoms with Crippen molar-refractivity contribution in [1.82, 2.24) is 10.3 Å². The molecule has 1 atom stereocenters. The molecule has 1 heterocycles. The van der Waals surface area contributed by atoms with Gasteiger partial charge in [-0.1, -0.05) is 29.8 Å². The normalized spacial score (nSPS) is 13.4. The maximum Gasteiger partial charge on any atom is 0.441 e. The van der Waals surface area contributed by atoms with Crippen molar-refractivity contribution in [2.24, 2.45) is 0 Å². The number of rotatable bonds is 5. The fraction of sp³-hybridized carbons (Fsp3) is 0.188. The van der Waals surface area contributed by atoms with E-state index in [-0.39, 0.29) is 16.4 Å². The van der Waals surface area contributed by atoms with E-state index in [0.717, 1.165) is 7.11 Å². The summed E-state index contributed by atoms with van der Waals surface area (Å²) in [5.74, 6) is -3.28. The number of pyridine rings is 1. The number of nitrogens with zero attached hydrogens (tertiary/aromatic N) is 1. The van der Waals surface area contributed by atoms with E-state index in [2.05, 4.69) is 9.72 Å². The Labute approximate surface area is 151 Å². The average Bonchev–Trinajstić information content (AvgIpc) is 2.60. The summed E-state index contributed by atoms with van der Waals surface area (Å²) in [5, 5.41) is 3.49. The third-order valence-corrected chi connectivity index (χ3v) is 3.65. The lowest BCUT2D eigenvalue weighted by Crippen LogP contribution is -2.69. The highest BCUT2D eigenvalue weighted by Gasteiger charge is 2.63. The molecule has 2 rings (SSSR count). The molecule has 0 bridgehead atoms. The van der Waals surface area contributed by atoms with Gasteiger partial charge >= 0.3 is 17.8 Å². The zero-order chi connectivity index (χ0) is 19.4. The van der Waals surface area contributed by atoms with Crippen molar-refractivity contribution in [3.63, 3.8) is 0 Å². The molecule has 2 aromatic rings. The third-order valence-electron chi connectivity index (χ3n) is 3.32. The summed E-state index contributed by atoms with van der Waals surface area (Å²) in [5.41, 5.74) is -3.80. The van der Waals surface area contributed by atoms with Crippen LogP contribution in [0.3, 0.4) is 0 Å². The molecule has 1 unspecified atom stereocenters. The number of ether oxygens (including phenoxy) is 1. The van der Waals surface area contributed by atoms with Gasteiger partial charge in [0.15, 0.2) is 0 Å². The number of hydrogen-bond acceptors (Lipinski definition) is 5. The smallest absolute Gasteiger partial charge is 0.441 e. The van der Waals surface area contributed by atoms with Gasteiger partial charge in [0.05, 0.1) is 17.7 Å². The van der Waals surface area contributed by atoms with E-state index in [1.165, 1.54) is 48.7 Å². The molecule has 0 aliphatic carbocycles. The Morgan fingerprint density at radius 1 is 1.12 bits per heavy atom. The molecule has 1 aromatic heterocycles. The number of benzene rings is 1. The molecule has 138 valence electrons. The molecule has 0 aliphatic heterocycles. The van der Waals surface area contributed by atoms with Crippen LogP contribution in [0.25, 0.3) is 0 Å². The second kappa shape index (κ2) is 7.61. The summed E-state index contributed by atoms with van der Waals surface area (Å²) in [6, 6.07) is 9.55. The summed E-state index contributed by atoms with van der Waals surface area (Å²) >= 11 is 5.84. The van der Waals surface area contributed by atoms with Crippen molar-refractivity contribution in [3.05, 3.63) is 59.2 Å². The van der Waals surface area contributed by atoms with E-state index in [1.54, 1.807) is 5.32 Å². The maximum absolute atomic E-state index is 13.8. The Morgan fingerprint density at radius 2 is 1.77 bits per heavy atom. The van der Waals surface area contributed by atoms with Crippen LogP contribution in [0.2, 0.25) is 5.02 Å². The molecule has 6 nitrogen and oxygen atoms in total. The minimum Gasteiger partial charge on any atom is -0.466 e. The molecule has 0 saturated carbocycles. The van der Waals surface area contributed by atoms with Gasteiger partial charge < -0.3 is 15.4 Å². The van der Waals surface area contributed by atoms with Crippen molar-refractivity contribution in [3.8, 4) is 0 Å². The number of carbonyl (C=O) groups is 2. The minimum atomic E-state index is -5.26. The van der Waals surface area contributed by atoms with Crippen LogP contribution < -0.4 is 10.6 Å². The zero-order valence-electron chi connectivity index (χ0n) is 13.3. The quantitative estimate of drug-likeness (QED) is 0.609. The molecule has 10 heteroatoms. The van der Waals surface area contributed by atoms with Gasteiger partial charge in [-0.3, -0.25) is 4.79 Å². The summed E-state index contributed by atoms with van der Waals surface area (Å²) < 4.78 is 45.8. The van der Waals surface area contributed by atoms with E-state index >= 15 is 0 Å². The number of alkyl halides is 3. The minimum absolute atomic E-state index is 0.0798. The first-order chi connectivity index (χ1) is 12.2. The van der Waals surface area contributed by atoms with Crippen molar-refractivity contribution in [1.29, 1.82) is 0 Å². The van der Waals surface area contributed by atoms with E-state index in [9.17, 15) is 22.8 Å². The van der Waals surface area contributed by atoms with Crippen LogP contribution in [-0.4, -0.2) is 35.8 Å². The van der Waals surface area contributed by atoms with E-state index < -0.39 is 23.7 Å². The molecule has 0 fully saturated rings. The number of anilines is 1. The van der Waals surface area contributed by atoms with Gasteiger partial charge in [0, 0.05) is 6.20 Å². The van der Waals surface area contributed by atoms with E-state index in [1.807, 2.05) is 5.32 Å². The molecular formula is C16H13ClF3N3O3. The Kier molecular flexibility index (Phi) is 5.71.